The zero-order valence-corrected chi connectivity index (χ0v) is 27.9. The Balaban J connectivity index is 1.12. The molecule has 0 saturated heterocycles. The molecule has 0 fully saturated rings. The van der Waals surface area contributed by atoms with Crippen molar-refractivity contribution in [1.82, 2.24) is 9.55 Å². The zero-order valence-electron chi connectivity index (χ0n) is 27.1. The van der Waals surface area contributed by atoms with Gasteiger partial charge < -0.3 is 4.57 Å². The number of hydrogen-bond acceptors (Lipinski definition) is 2. The molecule has 0 saturated carbocycles. The van der Waals surface area contributed by atoms with E-state index in [1.54, 1.807) is 0 Å². The molecular formula is C47H30N2S. The van der Waals surface area contributed by atoms with Gasteiger partial charge in [-0.2, -0.15) is 0 Å². The Kier molecular flexibility index (Phi) is 6.71. The van der Waals surface area contributed by atoms with Crippen molar-refractivity contribution in [2.45, 2.75) is 0 Å². The fourth-order valence-corrected chi connectivity index (χ4v) is 8.62. The number of fused-ring (bicyclic) bond motifs is 6. The Labute approximate surface area is 294 Å². The van der Waals surface area contributed by atoms with Crippen LogP contribution in [-0.4, -0.2) is 9.55 Å². The molecule has 234 valence electrons. The zero-order chi connectivity index (χ0) is 33.0. The SMILES string of the molecule is c1ccc(-c2cc(-c3ccccc3)nc(-c3cccc4sc5cc(-c6ccc7c(c6)c6ccccc6n7-c6ccccc6)ccc5c34)c2)cc1. The van der Waals surface area contributed by atoms with Crippen LogP contribution in [0.2, 0.25) is 0 Å². The fourth-order valence-electron chi connectivity index (χ4n) is 7.45. The standard InChI is InChI=1S/C47H30N2S/c1-4-13-31(14-5-1)35-28-41(32-15-6-2-7-16-32)48-42(29-35)38-20-12-22-45-47(38)39-25-23-34(30-46(39)50-45)33-24-26-44-40(27-33)37-19-10-11-21-43(37)49(44)36-17-8-3-9-18-36/h1-30H. The predicted molar refractivity (Wildman–Crippen MR) is 213 cm³/mol. The molecule has 50 heavy (non-hydrogen) atoms. The number of rotatable bonds is 5. The molecule has 0 N–H and O–H groups in total. The topological polar surface area (TPSA) is 17.8 Å². The van der Waals surface area contributed by atoms with Gasteiger partial charge in [0.05, 0.1) is 22.4 Å². The van der Waals surface area contributed by atoms with Crippen molar-refractivity contribution >= 4 is 53.3 Å². The maximum Gasteiger partial charge on any atom is 0.0722 e. The van der Waals surface area contributed by atoms with Crippen LogP contribution < -0.4 is 0 Å². The third kappa shape index (κ3) is 4.74. The van der Waals surface area contributed by atoms with Crippen LogP contribution in [0.3, 0.4) is 0 Å². The molecule has 3 heterocycles. The summed E-state index contributed by atoms with van der Waals surface area (Å²) < 4.78 is 4.92. The van der Waals surface area contributed by atoms with Gasteiger partial charge in [-0.1, -0.05) is 127 Å². The summed E-state index contributed by atoms with van der Waals surface area (Å²) in [7, 11) is 0. The molecule has 10 aromatic rings. The van der Waals surface area contributed by atoms with Crippen molar-refractivity contribution in [3.63, 3.8) is 0 Å². The van der Waals surface area contributed by atoms with Crippen molar-refractivity contribution < 1.29 is 0 Å². The maximum absolute atomic E-state index is 5.28. The van der Waals surface area contributed by atoms with Gasteiger partial charge in [0.2, 0.25) is 0 Å². The smallest absolute Gasteiger partial charge is 0.0722 e. The number of pyridine rings is 1. The lowest BCUT2D eigenvalue weighted by Crippen LogP contribution is -1.92. The van der Waals surface area contributed by atoms with E-state index in [-0.39, 0.29) is 0 Å². The van der Waals surface area contributed by atoms with Crippen LogP contribution in [0, 0.1) is 0 Å². The van der Waals surface area contributed by atoms with Gasteiger partial charge in [-0.3, -0.25) is 0 Å². The molecule has 0 spiro atoms. The fraction of sp³-hybridized carbons (Fsp3) is 0. The number of benzene rings is 7. The van der Waals surface area contributed by atoms with Crippen LogP contribution in [0.4, 0.5) is 0 Å². The van der Waals surface area contributed by atoms with Crippen molar-refractivity contribution in [2.24, 2.45) is 0 Å². The van der Waals surface area contributed by atoms with E-state index in [1.807, 2.05) is 11.3 Å². The first-order valence-corrected chi connectivity index (χ1v) is 17.8. The largest absolute Gasteiger partial charge is 0.309 e. The minimum atomic E-state index is 0.977. The van der Waals surface area contributed by atoms with Gasteiger partial charge in [0.1, 0.15) is 0 Å². The molecule has 0 aliphatic rings. The quantitative estimate of drug-likeness (QED) is 0.181. The number of nitrogens with zero attached hydrogens (tertiary/aromatic N) is 2. The molecular weight excluding hydrogens is 625 g/mol. The predicted octanol–water partition coefficient (Wildman–Crippen LogP) is 13.2. The van der Waals surface area contributed by atoms with E-state index in [2.05, 4.69) is 187 Å². The molecule has 2 nitrogen and oxygen atoms in total. The Bertz CT molecular complexity index is 2790. The third-order valence-electron chi connectivity index (χ3n) is 9.80. The summed E-state index contributed by atoms with van der Waals surface area (Å²) in [6.45, 7) is 0. The van der Waals surface area contributed by atoms with E-state index in [4.69, 9.17) is 4.98 Å². The van der Waals surface area contributed by atoms with Crippen LogP contribution >= 0.6 is 11.3 Å². The second-order valence-electron chi connectivity index (χ2n) is 12.8. The lowest BCUT2D eigenvalue weighted by Gasteiger charge is -2.11. The van der Waals surface area contributed by atoms with Gasteiger partial charge in [-0.05, 0) is 76.9 Å². The van der Waals surface area contributed by atoms with Crippen LogP contribution in [0.25, 0.3) is 92.4 Å². The highest BCUT2D eigenvalue weighted by Gasteiger charge is 2.17. The summed E-state index contributed by atoms with van der Waals surface area (Å²) in [4.78, 5) is 5.28. The summed E-state index contributed by atoms with van der Waals surface area (Å²) in [6, 6.07) is 65.4. The highest BCUT2D eigenvalue weighted by Crippen LogP contribution is 2.43. The molecule has 3 aromatic heterocycles. The average Bonchev–Trinajstić information content (AvgIpc) is 3.74. The minimum Gasteiger partial charge on any atom is -0.309 e. The summed E-state index contributed by atoms with van der Waals surface area (Å²) >= 11 is 1.86. The van der Waals surface area contributed by atoms with Gasteiger partial charge in [0.15, 0.2) is 0 Å². The molecule has 0 amide bonds. The Morgan fingerprint density at radius 2 is 1.04 bits per heavy atom. The minimum absolute atomic E-state index is 0.977. The maximum atomic E-state index is 5.28. The molecule has 0 atom stereocenters. The second kappa shape index (κ2) is 11.7. The summed E-state index contributed by atoms with van der Waals surface area (Å²) in [6.07, 6.45) is 0. The molecule has 3 heteroatoms. The average molecular weight is 655 g/mol. The van der Waals surface area contributed by atoms with Gasteiger partial charge in [0.25, 0.3) is 0 Å². The number of thiophene rings is 1. The highest BCUT2D eigenvalue weighted by molar-refractivity contribution is 7.26. The Morgan fingerprint density at radius 1 is 0.380 bits per heavy atom. The van der Waals surface area contributed by atoms with Crippen LogP contribution in [-0.2, 0) is 0 Å². The molecule has 0 aliphatic heterocycles. The Morgan fingerprint density at radius 3 is 1.86 bits per heavy atom. The van der Waals surface area contributed by atoms with E-state index < -0.39 is 0 Å². The molecule has 0 aliphatic carbocycles. The van der Waals surface area contributed by atoms with E-state index in [0.717, 1.165) is 28.1 Å². The van der Waals surface area contributed by atoms with E-state index in [9.17, 15) is 0 Å². The first-order valence-electron chi connectivity index (χ1n) is 17.0. The molecule has 0 unspecified atom stereocenters. The normalized spacial score (nSPS) is 11.6. The third-order valence-corrected chi connectivity index (χ3v) is 10.9. The second-order valence-corrected chi connectivity index (χ2v) is 13.9. The van der Waals surface area contributed by atoms with Crippen LogP contribution in [0.5, 0.6) is 0 Å². The van der Waals surface area contributed by atoms with Gasteiger partial charge in [-0.15, -0.1) is 11.3 Å². The molecule has 0 bridgehead atoms. The van der Waals surface area contributed by atoms with Gasteiger partial charge in [0, 0.05) is 47.8 Å². The van der Waals surface area contributed by atoms with Gasteiger partial charge >= 0.3 is 0 Å². The number of hydrogen-bond donors (Lipinski definition) is 0. The summed E-state index contributed by atoms with van der Waals surface area (Å²) in [5, 5.41) is 5.05. The Hall–Kier alpha value is -6.29. The lowest BCUT2D eigenvalue weighted by atomic mass is 9.97. The number of aromatic nitrogens is 2. The van der Waals surface area contributed by atoms with E-state index in [1.165, 1.54) is 64.4 Å². The first kappa shape index (κ1) is 28.7. The van der Waals surface area contributed by atoms with Crippen LogP contribution in [0.1, 0.15) is 0 Å². The van der Waals surface area contributed by atoms with Crippen molar-refractivity contribution in [2.75, 3.05) is 0 Å². The molecule has 0 radical (unpaired) electrons. The first-order chi connectivity index (χ1) is 24.8. The summed E-state index contributed by atoms with van der Waals surface area (Å²) in [5.41, 5.74) is 12.6. The number of para-hydroxylation sites is 2. The van der Waals surface area contributed by atoms with E-state index >= 15 is 0 Å². The van der Waals surface area contributed by atoms with E-state index in [0.29, 0.717) is 0 Å². The van der Waals surface area contributed by atoms with Gasteiger partial charge in [-0.25, -0.2) is 4.98 Å². The van der Waals surface area contributed by atoms with Crippen molar-refractivity contribution in [1.29, 1.82) is 0 Å². The van der Waals surface area contributed by atoms with Crippen molar-refractivity contribution in [3.05, 3.63) is 182 Å². The molecule has 10 rings (SSSR count). The van der Waals surface area contributed by atoms with Crippen molar-refractivity contribution in [3.8, 4) is 50.5 Å². The molecule has 7 aromatic carbocycles. The highest BCUT2D eigenvalue weighted by atomic mass is 32.1. The monoisotopic (exact) mass is 654 g/mol. The lowest BCUT2D eigenvalue weighted by molar-refractivity contribution is 1.18. The summed E-state index contributed by atoms with van der Waals surface area (Å²) in [5.74, 6) is 0. The van der Waals surface area contributed by atoms with Crippen LogP contribution in [0.15, 0.2) is 182 Å².